The molecule has 0 aromatic heterocycles. The standard InChI is InChI=1S/C15H34N4O.HI/c1-6-14(7-2)13-18-15(16-8-3)17-9-10-19(4)11-12-20-5;/h14H,6-13H2,1-5H3,(H2,16,17,18);1H. The van der Waals surface area contributed by atoms with Gasteiger partial charge in [-0.15, -0.1) is 24.0 Å². The largest absolute Gasteiger partial charge is 0.383 e. The lowest BCUT2D eigenvalue weighted by Gasteiger charge is -2.18. The summed E-state index contributed by atoms with van der Waals surface area (Å²) in [6.07, 6.45) is 2.39. The Hall–Kier alpha value is -0.0800. The maximum absolute atomic E-state index is 5.07. The van der Waals surface area contributed by atoms with Crippen LogP contribution in [-0.4, -0.2) is 64.3 Å². The van der Waals surface area contributed by atoms with Gasteiger partial charge in [-0.1, -0.05) is 26.7 Å². The van der Waals surface area contributed by atoms with Crippen LogP contribution in [0.15, 0.2) is 4.99 Å². The second-order valence-corrected chi connectivity index (χ2v) is 5.12. The zero-order valence-electron chi connectivity index (χ0n) is 14.4. The van der Waals surface area contributed by atoms with E-state index in [2.05, 4.69) is 48.3 Å². The molecule has 0 radical (unpaired) electrons. The first-order valence-electron chi connectivity index (χ1n) is 7.87. The molecule has 0 unspecified atom stereocenters. The first kappa shape index (κ1) is 23.2. The van der Waals surface area contributed by atoms with E-state index in [-0.39, 0.29) is 24.0 Å². The predicted molar refractivity (Wildman–Crippen MR) is 103 cm³/mol. The van der Waals surface area contributed by atoms with Crippen LogP contribution in [0.1, 0.15) is 33.6 Å². The van der Waals surface area contributed by atoms with E-state index in [4.69, 9.17) is 4.74 Å². The number of aliphatic imine (C=N–C) groups is 1. The van der Waals surface area contributed by atoms with Crippen molar-refractivity contribution in [1.29, 1.82) is 0 Å². The molecular weight excluding hydrogens is 379 g/mol. The van der Waals surface area contributed by atoms with E-state index in [0.29, 0.717) is 5.92 Å². The highest BCUT2D eigenvalue weighted by Gasteiger charge is 2.04. The first-order chi connectivity index (χ1) is 9.67. The molecule has 0 saturated heterocycles. The molecule has 21 heavy (non-hydrogen) atoms. The molecule has 0 aliphatic carbocycles. The van der Waals surface area contributed by atoms with Gasteiger partial charge >= 0.3 is 0 Å². The zero-order chi connectivity index (χ0) is 15.2. The number of hydrogen-bond acceptors (Lipinski definition) is 3. The molecule has 0 aromatic rings. The van der Waals surface area contributed by atoms with E-state index >= 15 is 0 Å². The molecule has 0 bridgehead atoms. The van der Waals surface area contributed by atoms with Crippen molar-refractivity contribution in [2.45, 2.75) is 33.6 Å². The summed E-state index contributed by atoms with van der Waals surface area (Å²) in [4.78, 5) is 6.92. The summed E-state index contributed by atoms with van der Waals surface area (Å²) in [6, 6.07) is 0. The number of nitrogens with zero attached hydrogens (tertiary/aromatic N) is 2. The van der Waals surface area contributed by atoms with Crippen molar-refractivity contribution in [1.82, 2.24) is 15.5 Å². The van der Waals surface area contributed by atoms with Crippen LogP contribution in [0.25, 0.3) is 0 Å². The summed E-state index contributed by atoms with van der Waals surface area (Å²) in [6.45, 7) is 12.0. The Kier molecular flexibility index (Phi) is 18.0. The monoisotopic (exact) mass is 414 g/mol. The van der Waals surface area contributed by atoms with Gasteiger partial charge in [0.05, 0.1) is 6.61 Å². The minimum Gasteiger partial charge on any atom is -0.383 e. The molecule has 0 aromatic carbocycles. The second-order valence-electron chi connectivity index (χ2n) is 5.12. The molecule has 0 saturated carbocycles. The first-order valence-corrected chi connectivity index (χ1v) is 7.87. The normalized spacial score (nSPS) is 11.7. The van der Waals surface area contributed by atoms with E-state index in [1.807, 2.05) is 0 Å². The maximum Gasteiger partial charge on any atom is 0.191 e. The average molecular weight is 414 g/mol. The third kappa shape index (κ3) is 13.3. The minimum absolute atomic E-state index is 0. The molecule has 2 N–H and O–H groups in total. The van der Waals surface area contributed by atoms with E-state index < -0.39 is 0 Å². The van der Waals surface area contributed by atoms with Crippen LogP contribution >= 0.6 is 24.0 Å². The van der Waals surface area contributed by atoms with Gasteiger partial charge in [-0.05, 0) is 19.9 Å². The molecule has 5 nitrogen and oxygen atoms in total. The second kappa shape index (κ2) is 16.3. The van der Waals surface area contributed by atoms with Crippen molar-refractivity contribution >= 4 is 29.9 Å². The molecule has 0 rings (SSSR count). The van der Waals surface area contributed by atoms with Gasteiger partial charge in [0, 0.05) is 39.8 Å². The Labute approximate surface area is 148 Å². The fourth-order valence-corrected chi connectivity index (χ4v) is 1.83. The fourth-order valence-electron chi connectivity index (χ4n) is 1.83. The van der Waals surface area contributed by atoms with Crippen LogP contribution in [0.2, 0.25) is 0 Å². The third-order valence-corrected chi connectivity index (χ3v) is 3.47. The smallest absolute Gasteiger partial charge is 0.191 e. The molecule has 0 aliphatic rings. The van der Waals surface area contributed by atoms with E-state index in [1.54, 1.807) is 7.11 Å². The highest BCUT2D eigenvalue weighted by Crippen LogP contribution is 2.06. The average Bonchev–Trinajstić information content (AvgIpc) is 2.46. The van der Waals surface area contributed by atoms with Crippen LogP contribution in [0, 0.1) is 5.92 Å². The molecule has 6 heteroatoms. The van der Waals surface area contributed by atoms with Gasteiger partial charge in [0.15, 0.2) is 5.96 Å². The molecule has 128 valence electrons. The summed E-state index contributed by atoms with van der Waals surface area (Å²) in [5, 5.41) is 6.69. The summed E-state index contributed by atoms with van der Waals surface area (Å²) < 4.78 is 5.07. The summed E-state index contributed by atoms with van der Waals surface area (Å²) >= 11 is 0. The third-order valence-electron chi connectivity index (χ3n) is 3.47. The summed E-state index contributed by atoms with van der Waals surface area (Å²) in [5.74, 6) is 1.62. The van der Waals surface area contributed by atoms with E-state index in [0.717, 1.165) is 45.3 Å². The lowest BCUT2D eigenvalue weighted by atomic mass is 10.0. The van der Waals surface area contributed by atoms with Gasteiger partial charge in [-0.3, -0.25) is 4.99 Å². The quantitative estimate of drug-likeness (QED) is 0.309. The fraction of sp³-hybridized carbons (Fsp3) is 0.933. The lowest BCUT2D eigenvalue weighted by molar-refractivity contribution is 0.162. The number of methoxy groups -OCH3 is 1. The minimum atomic E-state index is 0. The van der Waals surface area contributed by atoms with Crippen LogP contribution in [0.5, 0.6) is 0 Å². The van der Waals surface area contributed by atoms with Crippen molar-refractivity contribution in [3.05, 3.63) is 0 Å². The number of ether oxygens (including phenoxy) is 1. The topological polar surface area (TPSA) is 48.9 Å². The van der Waals surface area contributed by atoms with Gasteiger partial charge in [0.2, 0.25) is 0 Å². The number of likely N-dealkylation sites (N-methyl/N-ethyl adjacent to an activating group) is 1. The van der Waals surface area contributed by atoms with Crippen molar-refractivity contribution < 1.29 is 4.74 Å². The molecule has 0 spiro atoms. The van der Waals surface area contributed by atoms with E-state index in [9.17, 15) is 0 Å². The Morgan fingerprint density at radius 2 is 1.81 bits per heavy atom. The summed E-state index contributed by atoms with van der Waals surface area (Å²) in [7, 11) is 3.84. The number of nitrogens with one attached hydrogen (secondary N) is 2. The number of halogens is 1. The Morgan fingerprint density at radius 1 is 1.14 bits per heavy atom. The molecule has 0 aliphatic heterocycles. The lowest BCUT2D eigenvalue weighted by Crippen LogP contribution is -2.41. The number of rotatable bonds is 11. The van der Waals surface area contributed by atoms with Gasteiger partial charge in [0.1, 0.15) is 0 Å². The summed E-state index contributed by atoms with van der Waals surface area (Å²) in [5.41, 5.74) is 0. The van der Waals surface area contributed by atoms with Crippen LogP contribution in [0.4, 0.5) is 0 Å². The predicted octanol–water partition coefficient (Wildman–Crippen LogP) is 2.17. The zero-order valence-corrected chi connectivity index (χ0v) is 16.8. The van der Waals surface area contributed by atoms with E-state index in [1.165, 1.54) is 12.8 Å². The molecular formula is C15H35IN4O. The highest BCUT2D eigenvalue weighted by atomic mass is 127. The SMILES string of the molecule is CCNC(=NCC(CC)CC)NCCN(C)CCOC.I. The van der Waals surface area contributed by atoms with Crippen LogP contribution < -0.4 is 10.6 Å². The highest BCUT2D eigenvalue weighted by molar-refractivity contribution is 14.0. The number of hydrogen-bond donors (Lipinski definition) is 2. The number of guanidine groups is 1. The van der Waals surface area contributed by atoms with Crippen molar-refractivity contribution in [2.75, 3.05) is 53.5 Å². The Morgan fingerprint density at radius 3 is 2.33 bits per heavy atom. The Bertz CT molecular complexity index is 248. The molecule has 0 atom stereocenters. The maximum atomic E-state index is 5.07. The van der Waals surface area contributed by atoms with Gasteiger partial charge in [-0.2, -0.15) is 0 Å². The molecule has 0 amide bonds. The van der Waals surface area contributed by atoms with Crippen molar-refractivity contribution in [2.24, 2.45) is 10.9 Å². The van der Waals surface area contributed by atoms with Gasteiger partial charge < -0.3 is 20.3 Å². The molecule has 0 heterocycles. The van der Waals surface area contributed by atoms with Crippen molar-refractivity contribution in [3.63, 3.8) is 0 Å². The van der Waals surface area contributed by atoms with Crippen molar-refractivity contribution in [3.8, 4) is 0 Å². The molecule has 0 fully saturated rings. The van der Waals surface area contributed by atoms with Crippen LogP contribution in [0.3, 0.4) is 0 Å². The van der Waals surface area contributed by atoms with Crippen LogP contribution in [-0.2, 0) is 4.74 Å². The van der Waals surface area contributed by atoms with Gasteiger partial charge in [0.25, 0.3) is 0 Å². The van der Waals surface area contributed by atoms with Gasteiger partial charge in [-0.25, -0.2) is 0 Å². The Balaban J connectivity index is 0.